The van der Waals surface area contributed by atoms with Crippen LogP contribution in [0.5, 0.6) is 17.2 Å². The van der Waals surface area contributed by atoms with Crippen LogP contribution in [-0.4, -0.2) is 55.7 Å². The summed E-state index contributed by atoms with van der Waals surface area (Å²) in [5, 5.41) is 2.53. The number of anilines is 2. The Balaban J connectivity index is 1.67. The molecule has 0 aliphatic carbocycles. The van der Waals surface area contributed by atoms with Gasteiger partial charge in [-0.1, -0.05) is 0 Å². The van der Waals surface area contributed by atoms with Gasteiger partial charge in [0.15, 0.2) is 11.5 Å². The van der Waals surface area contributed by atoms with Gasteiger partial charge in [-0.3, -0.25) is 9.10 Å². The van der Waals surface area contributed by atoms with Gasteiger partial charge in [0.25, 0.3) is 10.0 Å². The van der Waals surface area contributed by atoms with Gasteiger partial charge in [-0.2, -0.15) is 0 Å². The van der Waals surface area contributed by atoms with E-state index in [1.54, 1.807) is 13.8 Å². The molecular weight excluding hydrogens is 565 g/mol. The van der Waals surface area contributed by atoms with Crippen molar-refractivity contribution in [1.29, 1.82) is 0 Å². The smallest absolute Gasteiger partial charge is 0.264 e. The molecule has 1 heterocycles. The number of carbonyl (C=O) groups excluding carboxylic acids is 1. The number of nitrogens with zero attached hydrogens (tertiary/aromatic N) is 1. The van der Waals surface area contributed by atoms with Gasteiger partial charge in [0, 0.05) is 12.1 Å². The Morgan fingerprint density at radius 3 is 2.25 bits per heavy atom. The average molecular weight is 594 g/mol. The highest BCUT2D eigenvalue weighted by Crippen LogP contribution is 2.34. The number of methoxy groups -OCH3 is 1. The zero-order chi connectivity index (χ0) is 29.1. The summed E-state index contributed by atoms with van der Waals surface area (Å²) in [7, 11) is -6.94. The highest BCUT2D eigenvalue weighted by Gasteiger charge is 2.29. The van der Waals surface area contributed by atoms with Crippen molar-refractivity contribution in [2.75, 3.05) is 36.5 Å². The summed E-state index contributed by atoms with van der Waals surface area (Å²) in [6.45, 7) is 3.16. The largest absolute Gasteiger partial charge is 0.495 e. The van der Waals surface area contributed by atoms with Crippen molar-refractivity contribution in [3.63, 3.8) is 0 Å². The van der Waals surface area contributed by atoms with E-state index in [9.17, 15) is 26.0 Å². The molecule has 1 aliphatic heterocycles. The SMILES string of the molecule is COc1ccc(S(=O)(=O)NC(C)C)cc1NC(=O)CN(c1ccc(F)cc1)S(=O)(=O)c1ccc2c(c1)OCCO2. The molecule has 214 valence electrons. The lowest BCUT2D eigenvalue weighted by atomic mass is 10.3. The molecule has 0 saturated carbocycles. The minimum absolute atomic E-state index is 0.00918. The van der Waals surface area contributed by atoms with Crippen LogP contribution in [0, 0.1) is 5.82 Å². The van der Waals surface area contributed by atoms with E-state index in [0.29, 0.717) is 12.4 Å². The number of nitrogens with one attached hydrogen (secondary N) is 2. The number of amides is 1. The lowest BCUT2D eigenvalue weighted by molar-refractivity contribution is -0.114. The third-order valence-corrected chi connectivity index (χ3v) is 9.08. The van der Waals surface area contributed by atoms with Crippen LogP contribution in [0.15, 0.2) is 70.5 Å². The molecule has 1 amide bonds. The molecule has 11 nitrogen and oxygen atoms in total. The van der Waals surface area contributed by atoms with Gasteiger partial charge < -0.3 is 19.5 Å². The molecule has 40 heavy (non-hydrogen) atoms. The number of carbonyl (C=O) groups is 1. The van der Waals surface area contributed by atoms with E-state index in [0.717, 1.165) is 16.4 Å². The molecule has 4 rings (SSSR count). The second-order valence-corrected chi connectivity index (χ2v) is 12.6. The maximum absolute atomic E-state index is 13.7. The molecule has 0 spiro atoms. The molecule has 0 fully saturated rings. The first-order valence-corrected chi connectivity index (χ1v) is 15.0. The number of ether oxygens (including phenoxy) is 3. The van der Waals surface area contributed by atoms with Crippen molar-refractivity contribution in [3.8, 4) is 17.2 Å². The number of fused-ring (bicyclic) bond motifs is 1. The van der Waals surface area contributed by atoms with E-state index in [-0.39, 0.29) is 45.3 Å². The van der Waals surface area contributed by atoms with Crippen LogP contribution in [0.4, 0.5) is 15.8 Å². The Bertz CT molecular complexity index is 1610. The number of hydrogen-bond acceptors (Lipinski definition) is 8. The normalized spacial score (nSPS) is 13.1. The summed E-state index contributed by atoms with van der Waals surface area (Å²) in [5.74, 6) is -0.642. The molecule has 0 bridgehead atoms. The monoisotopic (exact) mass is 593 g/mol. The molecule has 0 aromatic heterocycles. The van der Waals surface area contributed by atoms with Crippen molar-refractivity contribution >= 4 is 37.3 Å². The first-order chi connectivity index (χ1) is 18.9. The maximum atomic E-state index is 13.7. The van der Waals surface area contributed by atoms with E-state index in [1.165, 1.54) is 55.6 Å². The number of rotatable bonds is 10. The van der Waals surface area contributed by atoms with Gasteiger partial charge >= 0.3 is 0 Å². The molecule has 0 radical (unpaired) electrons. The highest BCUT2D eigenvalue weighted by molar-refractivity contribution is 7.92. The fourth-order valence-electron chi connectivity index (χ4n) is 3.88. The van der Waals surface area contributed by atoms with Crippen LogP contribution in [0.3, 0.4) is 0 Å². The number of hydrogen-bond donors (Lipinski definition) is 2. The highest BCUT2D eigenvalue weighted by atomic mass is 32.2. The molecule has 3 aromatic carbocycles. The number of halogens is 1. The van der Waals surface area contributed by atoms with Gasteiger partial charge in [-0.25, -0.2) is 25.9 Å². The van der Waals surface area contributed by atoms with Gasteiger partial charge in [0.05, 0.1) is 28.3 Å². The van der Waals surface area contributed by atoms with Gasteiger partial charge in [0.1, 0.15) is 31.3 Å². The summed E-state index contributed by atoms with van der Waals surface area (Å²) in [5.41, 5.74) is 0.0331. The third kappa shape index (κ3) is 6.46. The summed E-state index contributed by atoms with van der Waals surface area (Å²) < 4.78 is 85.9. The van der Waals surface area contributed by atoms with Crippen LogP contribution in [0.2, 0.25) is 0 Å². The first kappa shape index (κ1) is 29.1. The fourth-order valence-corrected chi connectivity index (χ4v) is 6.60. The minimum Gasteiger partial charge on any atom is -0.495 e. The summed E-state index contributed by atoms with van der Waals surface area (Å²) in [6, 6.07) is 12.2. The molecule has 2 N–H and O–H groups in total. The second-order valence-electron chi connectivity index (χ2n) is 8.98. The zero-order valence-electron chi connectivity index (χ0n) is 21.9. The molecule has 3 aromatic rings. The average Bonchev–Trinajstić information content (AvgIpc) is 2.91. The fraction of sp³-hybridized carbons (Fsp3) is 0.269. The lowest BCUT2D eigenvalue weighted by Gasteiger charge is -2.25. The van der Waals surface area contributed by atoms with Crippen molar-refractivity contribution in [2.45, 2.75) is 29.7 Å². The van der Waals surface area contributed by atoms with Gasteiger partial charge in [0.2, 0.25) is 15.9 Å². The Morgan fingerprint density at radius 2 is 1.60 bits per heavy atom. The van der Waals surface area contributed by atoms with Crippen LogP contribution >= 0.6 is 0 Å². The predicted molar refractivity (Wildman–Crippen MR) is 145 cm³/mol. The van der Waals surface area contributed by atoms with Crippen molar-refractivity contribution < 1.29 is 40.2 Å². The molecule has 14 heteroatoms. The van der Waals surface area contributed by atoms with Gasteiger partial charge in [-0.05, 0) is 68.4 Å². The van der Waals surface area contributed by atoms with E-state index < -0.39 is 38.3 Å². The Morgan fingerprint density at radius 1 is 0.950 bits per heavy atom. The Hall–Kier alpha value is -3.88. The second kappa shape index (κ2) is 11.7. The molecule has 1 aliphatic rings. The zero-order valence-corrected chi connectivity index (χ0v) is 23.5. The Kier molecular flexibility index (Phi) is 8.51. The predicted octanol–water partition coefficient (Wildman–Crippen LogP) is 3.13. The molecule has 0 unspecified atom stereocenters. The number of benzene rings is 3. The molecular formula is C26H28FN3O8S2. The molecule has 0 atom stereocenters. The maximum Gasteiger partial charge on any atom is 0.264 e. The lowest BCUT2D eigenvalue weighted by Crippen LogP contribution is -2.38. The topological polar surface area (TPSA) is 140 Å². The van der Waals surface area contributed by atoms with Crippen LogP contribution in [-0.2, 0) is 24.8 Å². The van der Waals surface area contributed by atoms with E-state index in [4.69, 9.17) is 14.2 Å². The number of sulfonamides is 2. The van der Waals surface area contributed by atoms with E-state index >= 15 is 0 Å². The van der Waals surface area contributed by atoms with Crippen molar-refractivity contribution in [2.24, 2.45) is 0 Å². The van der Waals surface area contributed by atoms with Crippen molar-refractivity contribution in [3.05, 3.63) is 66.5 Å². The summed E-state index contributed by atoms with van der Waals surface area (Å²) in [4.78, 5) is 12.9. The Labute approximate surface area is 232 Å². The standard InChI is InChI=1S/C26H28FN3O8S2/c1-17(2)29-39(32,33)20-8-10-23(36-3)22(14-20)28-26(31)16-30(19-6-4-18(27)5-7-19)40(34,35)21-9-11-24-25(15-21)38-13-12-37-24/h4-11,14-15,17,29H,12-13,16H2,1-3H3,(H,28,31). The van der Waals surface area contributed by atoms with Crippen LogP contribution in [0.1, 0.15) is 13.8 Å². The first-order valence-electron chi connectivity index (χ1n) is 12.1. The minimum atomic E-state index is -4.37. The van der Waals surface area contributed by atoms with Crippen LogP contribution in [0.25, 0.3) is 0 Å². The van der Waals surface area contributed by atoms with Crippen LogP contribution < -0.4 is 28.6 Å². The molecule has 0 saturated heterocycles. The van der Waals surface area contributed by atoms with Crippen molar-refractivity contribution in [1.82, 2.24) is 4.72 Å². The quantitative estimate of drug-likeness (QED) is 0.366. The third-order valence-electron chi connectivity index (χ3n) is 5.65. The van der Waals surface area contributed by atoms with E-state index in [1.807, 2.05) is 0 Å². The van der Waals surface area contributed by atoms with Gasteiger partial charge in [-0.15, -0.1) is 0 Å². The summed E-state index contributed by atoms with van der Waals surface area (Å²) >= 11 is 0. The van der Waals surface area contributed by atoms with E-state index in [2.05, 4.69) is 10.0 Å². The summed E-state index contributed by atoms with van der Waals surface area (Å²) in [6.07, 6.45) is 0.